The van der Waals surface area contributed by atoms with E-state index in [9.17, 15) is 9.59 Å². The van der Waals surface area contributed by atoms with Gasteiger partial charge < -0.3 is 19.8 Å². The van der Waals surface area contributed by atoms with Crippen molar-refractivity contribution in [1.82, 2.24) is 15.0 Å². The van der Waals surface area contributed by atoms with E-state index in [0.717, 1.165) is 49.1 Å². The normalized spacial score (nSPS) is 23.5. The van der Waals surface area contributed by atoms with Crippen LogP contribution < -0.4 is 5.32 Å². The number of nitrogens with zero attached hydrogens (tertiary/aromatic N) is 3. The van der Waals surface area contributed by atoms with Crippen molar-refractivity contribution in [3.8, 4) is 6.07 Å². The average molecular weight is 548 g/mol. The zero-order valence-corrected chi connectivity index (χ0v) is 24.5. The molecular weight excluding hydrogens is 506 g/mol. The molecule has 2 atom stereocenters. The van der Waals surface area contributed by atoms with Crippen molar-refractivity contribution in [1.29, 1.82) is 5.26 Å². The molecule has 3 heterocycles. The molecule has 2 N–H and O–H groups in total. The number of imidazole rings is 1. The van der Waals surface area contributed by atoms with E-state index >= 15 is 0 Å². The molecule has 9 nitrogen and oxygen atoms in total. The van der Waals surface area contributed by atoms with Crippen LogP contribution in [0.4, 0.5) is 5.69 Å². The first kappa shape index (κ1) is 29.5. The maximum absolute atomic E-state index is 13.0. The van der Waals surface area contributed by atoms with Crippen molar-refractivity contribution in [2.75, 3.05) is 5.32 Å². The smallest absolute Gasteiger partial charge is 0.308 e. The van der Waals surface area contributed by atoms with Gasteiger partial charge in [0.25, 0.3) is 5.91 Å². The minimum absolute atomic E-state index is 0.0138. The summed E-state index contributed by atoms with van der Waals surface area (Å²) in [7, 11) is 0. The van der Waals surface area contributed by atoms with E-state index in [-0.39, 0.29) is 28.8 Å². The van der Waals surface area contributed by atoms with Gasteiger partial charge in [-0.25, -0.2) is 4.98 Å². The van der Waals surface area contributed by atoms with Crippen LogP contribution in [0.3, 0.4) is 0 Å². The van der Waals surface area contributed by atoms with E-state index in [1.54, 1.807) is 0 Å². The van der Waals surface area contributed by atoms with Gasteiger partial charge in [-0.3, -0.25) is 14.6 Å². The van der Waals surface area contributed by atoms with Crippen molar-refractivity contribution >= 4 is 23.1 Å². The Kier molecular flexibility index (Phi) is 8.50. The number of H-pyrrole nitrogens is 1. The Morgan fingerprint density at radius 1 is 1.20 bits per heavy atom. The van der Waals surface area contributed by atoms with Crippen LogP contribution in [0.25, 0.3) is 5.57 Å². The number of rotatable bonds is 8. The highest BCUT2D eigenvalue weighted by Gasteiger charge is 2.45. The average Bonchev–Trinajstić information content (AvgIpc) is 3.36. The van der Waals surface area contributed by atoms with E-state index < -0.39 is 17.3 Å². The Labute approximate surface area is 236 Å². The number of esters is 1. The first-order valence-corrected chi connectivity index (χ1v) is 14.2. The molecule has 40 heavy (non-hydrogen) atoms. The summed E-state index contributed by atoms with van der Waals surface area (Å²) in [5, 5.41) is 12.0. The van der Waals surface area contributed by atoms with E-state index in [0.29, 0.717) is 24.9 Å². The second-order valence-corrected chi connectivity index (χ2v) is 12.6. The zero-order chi connectivity index (χ0) is 29.1. The van der Waals surface area contributed by atoms with E-state index in [2.05, 4.69) is 35.2 Å². The highest BCUT2D eigenvalue weighted by atomic mass is 16.7. The Morgan fingerprint density at radius 3 is 2.62 bits per heavy atom. The molecule has 0 radical (unpaired) electrons. The highest BCUT2D eigenvalue weighted by Crippen LogP contribution is 2.45. The predicted molar refractivity (Wildman–Crippen MR) is 152 cm³/mol. The van der Waals surface area contributed by atoms with E-state index in [4.69, 9.17) is 19.7 Å². The van der Waals surface area contributed by atoms with Gasteiger partial charge >= 0.3 is 5.97 Å². The Morgan fingerprint density at radius 2 is 1.98 bits per heavy atom. The number of nitriles is 1. The van der Waals surface area contributed by atoms with Gasteiger partial charge in [0.15, 0.2) is 11.5 Å². The van der Waals surface area contributed by atoms with E-state index in [1.165, 1.54) is 6.20 Å². The molecule has 0 spiro atoms. The monoisotopic (exact) mass is 547 g/mol. The van der Waals surface area contributed by atoms with Crippen molar-refractivity contribution < 1.29 is 19.1 Å². The molecular formula is C31H41N5O4. The molecule has 0 aromatic carbocycles. The molecule has 4 rings (SSSR count). The number of carbonyl (C=O) groups is 2. The van der Waals surface area contributed by atoms with Crippen LogP contribution in [0.15, 0.2) is 24.4 Å². The predicted octanol–water partition coefficient (Wildman–Crippen LogP) is 6.64. The summed E-state index contributed by atoms with van der Waals surface area (Å²) in [6, 6.07) is 5.75. The summed E-state index contributed by atoms with van der Waals surface area (Å²) in [4.78, 5) is 37.5. The van der Waals surface area contributed by atoms with Crippen LogP contribution in [0, 0.1) is 16.7 Å². The number of nitrogens with one attached hydrogen (secondary N) is 2. The number of pyridine rings is 1. The maximum Gasteiger partial charge on any atom is 0.308 e. The van der Waals surface area contributed by atoms with Gasteiger partial charge in [0, 0.05) is 37.6 Å². The molecule has 0 bridgehead atoms. The number of aromatic nitrogens is 3. The largest absolute Gasteiger partial charge is 0.433 e. The van der Waals surface area contributed by atoms with Gasteiger partial charge in [0.2, 0.25) is 5.79 Å². The summed E-state index contributed by atoms with van der Waals surface area (Å²) >= 11 is 0. The minimum Gasteiger partial charge on any atom is -0.433 e. The molecule has 2 aromatic rings. The SMILES string of the molecule is CCCCC(=O)OC1(C)CC(c2ccc(NC(=O)c3nc(C#N)c[nH]3)c(C3=CCC(C)(C)CC3)n2)CC(C)(C)O1. The number of anilines is 1. The summed E-state index contributed by atoms with van der Waals surface area (Å²) in [6.45, 7) is 12.4. The quantitative estimate of drug-likeness (QED) is 0.354. The van der Waals surface area contributed by atoms with Crippen molar-refractivity contribution in [2.45, 2.75) is 110 Å². The van der Waals surface area contributed by atoms with Crippen LogP contribution in [-0.4, -0.2) is 38.2 Å². The Bertz CT molecular complexity index is 1340. The third-order valence-corrected chi connectivity index (χ3v) is 7.68. The van der Waals surface area contributed by atoms with Gasteiger partial charge in [-0.2, -0.15) is 5.26 Å². The van der Waals surface area contributed by atoms with Crippen molar-refractivity contribution in [2.24, 2.45) is 5.41 Å². The summed E-state index contributed by atoms with van der Waals surface area (Å²) in [5.41, 5.74) is 3.12. The Balaban J connectivity index is 1.66. The number of ether oxygens (including phenoxy) is 2. The lowest BCUT2D eigenvalue weighted by atomic mass is 9.77. The van der Waals surface area contributed by atoms with Gasteiger partial charge in [-0.15, -0.1) is 0 Å². The molecule has 1 aliphatic heterocycles. The second-order valence-electron chi connectivity index (χ2n) is 12.6. The molecule has 2 aromatic heterocycles. The van der Waals surface area contributed by atoms with Crippen LogP contribution in [0.5, 0.6) is 0 Å². The fraction of sp³-hybridized carbons (Fsp3) is 0.581. The number of amides is 1. The van der Waals surface area contributed by atoms with Crippen molar-refractivity contribution in [3.05, 3.63) is 47.3 Å². The second kappa shape index (κ2) is 11.5. The maximum atomic E-state index is 13.0. The number of carbonyl (C=O) groups excluding carboxylic acids is 2. The number of hydrogen-bond donors (Lipinski definition) is 2. The van der Waals surface area contributed by atoms with E-state index in [1.807, 2.05) is 45.9 Å². The van der Waals surface area contributed by atoms with Crippen LogP contribution in [0.1, 0.15) is 127 Å². The first-order chi connectivity index (χ1) is 18.8. The fourth-order valence-electron chi connectivity index (χ4n) is 5.68. The van der Waals surface area contributed by atoms with Crippen LogP contribution >= 0.6 is 0 Å². The van der Waals surface area contributed by atoms with Crippen molar-refractivity contribution in [3.63, 3.8) is 0 Å². The van der Waals surface area contributed by atoms with Crippen LogP contribution in [-0.2, 0) is 14.3 Å². The topological polar surface area (TPSA) is 130 Å². The Hall–Kier alpha value is -3.51. The molecule has 9 heteroatoms. The molecule has 1 amide bonds. The molecule has 214 valence electrons. The number of hydrogen-bond acceptors (Lipinski definition) is 7. The third-order valence-electron chi connectivity index (χ3n) is 7.68. The third kappa shape index (κ3) is 7.16. The first-order valence-electron chi connectivity index (χ1n) is 14.2. The zero-order valence-electron chi connectivity index (χ0n) is 24.5. The van der Waals surface area contributed by atoms with Gasteiger partial charge in [0.05, 0.1) is 17.0 Å². The minimum atomic E-state index is -1.06. The number of allylic oxidation sites excluding steroid dienone is 2. The highest BCUT2D eigenvalue weighted by molar-refractivity contribution is 6.03. The molecule has 1 fully saturated rings. The number of unbranched alkanes of at least 4 members (excludes halogenated alkanes) is 1. The van der Waals surface area contributed by atoms with Gasteiger partial charge in [-0.1, -0.05) is 33.3 Å². The number of aromatic amines is 1. The lowest BCUT2D eigenvalue weighted by Gasteiger charge is -2.46. The van der Waals surface area contributed by atoms with Gasteiger partial charge in [0.1, 0.15) is 6.07 Å². The lowest BCUT2D eigenvalue weighted by Crippen LogP contribution is -2.49. The molecule has 0 saturated carbocycles. The van der Waals surface area contributed by atoms with Crippen LogP contribution in [0.2, 0.25) is 0 Å². The fourth-order valence-corrected chi connectivity index (χ4v) is 5.68. The summed E-state index contributed by atoms with van der Waals surface area (Å²) < 4.78 is 12.2. The molecule has 1 saturated heterocycles. The standard InChI is InChI=1S/C31H41N5O4/c1-7-8-9-25(37)39-31(6)17-21(16-30(4,5)40-31)23-10-11-24(36-28(38)27-33-19-22(18-32)34-27)26(35-23)20-12-14-29(2,3)15-13-20/h10-12,19,21H,7-9,13-17H2,1-6H3,(H,33,34)(H,36,38). The lowest BCUT2D eigenvalue weighted by molar-refractivity contribution is -0.286. The summed E-state index contributed by atoms with van der Waals surface area (Å²) in [5.74, 6) is -1.69. The summed E-state index contributed by atoms with van der Waals surface area (Å²) in [6.07, 6.45) is 9.67. The molecule has 2 unspecified atom stereocenters. The molecule has 1 aliphatic carbocycles. The molecule has 2 aliphatic rings. The van der Waals surface area contributed by atoms with Gasteiger partial charge in [-0.05, 0) is 69.1 Å².